The van der Waals surface area contributed by atoms with Gasteiger partial charge in [-0.25, -0.2) is 0 Å². The molecule has 0 aliphatic rings. The van der Waals surface area contributed by atoms with Crippen LogP contribution in [0.1, 0.15) is 10.6 Å². The molecule has 1 heterocycles. The zero-order valence-corrected chi connectivity index (χ0v) is 7.83. The van der Waals surface area contributed by atoms with Crippen molar-refractivity contribution in [3.63, 3.8) is 0 Å². The molecule has 0 aliphatic carbocycles. The van der Waals surface area contributed by atoms with E-state index in [0.29, 0.717) is 12.0 Å². The van der Waals surface area contributed by atoms with E-state index in [1.165, 1.54) is 18.4 Å². The highest BCUT2D eigenvalue weighted by Gasteiger charge is 1.90. The lowest BCUT2D eigenvalue weighted by Gasteiger charge is -1.91. The summed E-state index contributed by atoms with van der Waals surface area (Å²) in [5, 5.41) is 17.3. The lowest BCUT2D eigenvalue weighted by molar-refractivity contribution is 0.110. The van der Waals surface area contributed by atoms with Crippen LogP contribution < -0.4 is 0 Å². The molecule has 4 heteroatoms. The third-order valence-corrected chi connectivity index (χ3v) is 1.54. The standard InChI is InChI=1S/C6H6O2.C5H4O2/c7-5-3-1-2-4-6(5)8;6-4-5-2-1-3-7-5/h1-4,7-8H;1-4H. The van der Waals surface area contributed by atoms with E-state index in [-0.39, 0.29) is 11.5 Å². The van der Waals surface area contributed by atoms with Gasteiger partial charge in [0.05, 0.1) is 6.26 Å². The molecule has 2 rings (SSSR count). The van der Waals surface area contributed by atoms with Crippen LogP contribution in [0.5, 0.6) is 11.5 Å². The van der Waals surface area contributed by atoms with Gasteiger partial charge >= 0.3 is 0 Å². The van der Waals surface area contributed by atoms with E-state index in [9.17, 15) is 4.79 Å². The van der Waals surface area contributed by atoms with Crippen molar-refractivity contribution in [2.24, 2.45) is 0 Å². The molecule has 0 amide bonds. The summed E-state index contributed by atoms with van der Waals surface area (Å²) in [6.07, 6.45) is 2.13. The Hall–Kier alpha value is -2.23. The average Bonchev–Trinajstić information content (AvgIpc) is 2.76. The van der Waals surface area contributed by atoms with Crippen LogP contribution in [0.25, 0.3) is 0 Å². The number of aromatic hydroxyl groups is 2. The zero-order valence-electron chi connectivity index (χ0n) is 7.83. The lowest BCUT2D eigenvalue weighted by Crippen LogP contribution is -1.65. The molecular formula is C11H10O4. The molecule has 0 bridgehead atoms. The Morgan fingerprint density at radius 2 is 1.60 bits per heavy atom. The van der Waals surface area contributed by atoms with Crippen LogP contribution in [-0.4, -0.2) is 16.5 Å². The molecule has 0 unspecified atom stereocenters. The Balaban J connectivity index is 0.000000151. The summed E-state index contributed by atoms with van der Waals surface area (Å²) in [7, 11) is 0. The van der Waals surface area contributed by atoms with Crippen LogP contribution in [0, 0.1) is 0 Å². The molecule has 0 saturated heterocycles. The number of hydrogen-bond acceptors (Lipinski definition) is 4. The molecule has 0 aliphatic heterocycles. The fourth-order valence-electron chi connectivity index (χ4n) is 0.822. The maximum absolute atomic E-state index is 9.77. The number of aldehydes is 1. The molecule has 2 N–H and O–H groups in total. The Labute approximate surface area is 86.4 Å². The normalized spacial score (nSPS) is 8.80. The number of hydrogen-bond donors (Lipinski definition) is 2. The second kappa shape index (κ2) is 5.49. The van der Waals surface area contributed by atoms with Gasteiger partial charge in [-0.2, -0.15) is 0 Å². The summed E-state index contributed by atoms with van der Waals surface area (Å²) >= 11 is 0. The highest BCUT2D eigenvalue weighted by molar-refractivity contribution is 5.69. The molecular weight excluding hydrogens is 196 g/mol. The van der Waals surface area contributed by atoms with Crippen LogP contribution in [0.2, 0.25) is 0 Å². The van der Waals surface area contributed by atoms with Crippen molar-refractivity contribution in [3.8, 4) is 11.5 Å². The molecule has 2 aromatic rings. The lowest BCUT2D eigenvalue weighted by atomic mass is 10.3. The van der Waals surface area contributed by atoms with Crippen molar-refractivity contribution >= 4 is 6.29 Å². The maximum Gasteiger partial charge on any atom is 0.185 e. The van der Waals surface area contributed by atoms with Crippen LogP contribution in [-0.2, 0) is 0 Å². The van der Waals surface area contributed by atoms with E-state index in [2.05, 4.69) is 4.42 Å². The highest BCUT2D eigenvalue weighted by atomic mass is 16.3. The van der Waals surface area contributed by atoms with Crippen LogP contribution >= 0.6 is 0 Å². The van der Waals surface area contributed by atoms with E-state index in [1.807, 2.05) is 0 Å². The van der Waals surface area contributed by atoms with E-state index in [1.54, 1.807) is 24.3 Å². The van der Waals surface area contributed by atoms with Crippen molar-refractivity contribution in [1.82, 2.24) is 0 Å². The van der Waals surface area contributed by atoms with E-state index >= 15 is 0 Å². The third-order valence-electron chi connectivity index (χ3n) is 1.54. The van der Waals surface area contributed by atoms with Crippen molar-refractivity contribution in [2.75, 3.05) is 0 Å². The monoisotopic (exact) mass is 206 g/mol. The van der Waals surface area contributed by atoms with E-state index in [0.717, 1.165) is 0 Å². The van der Waals surface area contributed by atoms with Gasteiger partial charge in [-0.15, -0.1) is 0 Å². The molecule has 0 radical (unpaired) electrons. The molecule has 1 aromatic carbocycles. The minimum Gasteiger partial charge on any atom is -0.504 e. The second-order valence-corrected chi connectivity index (χ2v) is 2.62. The number of phenols is 2. The van der Waals surface area contributed by atoms with E-state index in [4.69, 9.17) is 10.2 Å². The first kappa shape index (κ1) is 10.8. The SMILES string of the molecule is O=Cc1ccco1.Oc1ccccc1O. The first-order valence-corrected chi connectivity index (χ1v) is 4.19. The molecule has 0 saturated carbocycles. The molecule has 78 valence electrons. The van der Waals surface area contributed by atoms with Gasteiger partial charge < -0.3 is 14.6 Å². The Morgan fingerprint density at radius 1 is 1.00 bits per heavy atom. The minimum absolute atomic E-state index is 0.0764. The maximum atomic E-state index is 9.77. The van der Waals surface area contributed by atoms with Crippen molar-refractivity contribution in [2.45, 2.75) is 0 Å². The second-order valence-electron chi connectivity index (χ2n) is 2.62. The number of furan rings is 1. The van der Waals surface area contributed by atoms with Gasteiger partial charge in [-0.3, -0.25) is 4.79 Å². The van der Waals surface area contributed by atoms with Gasteiger partial charge in [-0.05, 0) is 24.3 Å². The van der Waals surface area contributed by atoms with Crippen molar-refractivity contribution in [3.05, 3.63) is 48.4 Å². The predicted molar refractivity (Wildman–Crippen MR) is 53.9 cm³/mol. The van der Waals surface area contributed by atoms with Gasteiger partial charge in [0.15, 0.2) is 23.5 Å². The minimum atomic E-state index is -0.0764. The molecule has 0 spiro atoms. The molecule has 0 fully saturated rings. The first-order chi connectivity index (χ1) is 7.24. The van der Waals surface area contributed by atoms with Crippen molar-refractivity contribution in [1.29, 1.82) is 0 Å². The Kier molecular flexibility index (Phi) is 3.97. The fraction of sp³-hybridized carbons (Fsp3) is 0. The van der Waals surface area contributed by atoms with Crippen LogP contribution in [0.3, 0.4) is 0 Å². The Morgan fingerprint density at radius 3 is 1.87 bits per heavy atom. The number of rotatable bonds is 1. The largest absolute Gasteiger partial charge is 0.504 e. The van der Waals surface area contributed by atoms with Gasteiger partial charge in [0.1, 0.15) is 0 Å². The highest BCUT2D eigenvalue weighted by Crippen LogP contribution is 2.21. The molecule has 1 aromatic heterocycles. The molecule has 15 heavy (non-hydrogen) atoms. The van der Waals surface area contributed by atoms with Crippen LogP contribution in [0.15, 0.2) is 47.1 Å². The zero-order chi connectivity index (χ0) is 11.1. The predicted octanol–water partition coefficient (Wildman–Crippen LogP) is 2.19. The summed E-state index contributed by atoms with van der Waals surface area (Å²) in [6.45, 7) is 0. The molecule has 0 atom stereocenters. The topological polar surface area (TPSA) is 70.7 Å². The van der Waals surface area contributed by atoms with E-state index < -0.39 is 0 Å². The first-order valence-electron chi connectivity index (χ1n) is 4.19. The number of carbonyl (C=O) groups excluding carboxylic acids is 1. The number of benzene rings is 1. The van der Waals surface area contributed by atoms with Crippen LogP contribution in [0.4, 0.5) is 0 Å². The van der Waals surface area contributed by atoms with Crippen molar-refractivity contribution < 1.29 is 19.4 Å². The summed E-state index contributed by atoms with van der Waals surface area (Å²) in [5.41, 5.74) is 0. The summed E-state index contributed by atoms with van der Waals surface area (Å²) < 4.78 is 4.61. The Bertz CT molecular complexity index is 385. The summed E-state index contributed by atoms with van der Waals surface area (Å²) in [4.78, 5) is 9.77. The number of para-hydroxylation sites is 2. The average molecular weight is 206 g/mol. The van der Waals surface area contributed by atoms with Gasteiger partial charge in [0.25, 0.3) is 0 Å². The van der Waals surface area contributed by atoms with Gasteiger partial charge in [0.2, 0.25) is 0 Å². The fourth-order valence-corrected chi connectivity index (χ4v) is 0.822. The number of carbonyl (C=O) groups is 1. The number of phenolic OH excluding ortho intramolecular Hbond substituents is 2. The smallest absolute Gasteiger partial charge is 0.185 e. The summed E-state index contributed by atoms with van der Waals surface area (Å²) in [6, 6.07) is 9.42. The van der Waals surface area contributed by atoms with Gasteiger partial charge in [0, 0.05) is 0 Å². The quantitative estimate of drug-likeness (QED) is 0.554. The van der Waals surface area contributed by atoms with Gasteiger partial charge in [-0.1, -0.05) is 12.1 Å². The molecule has 4 nitrogen and oxygen atoms in total. The summed E-state index contributed by atoms with van der Waals surface area (Å²) in [5.74, 6) is 0.222. The third kappa shape index (κ3) is 3.56.